The van der Waals surface area contributed by atoms with E-state index in [1.165, 1.54) is 24.6 Å². The summed E-state index contributed by atoms with van der Waals surface area (Å²) in [6, 6.07) is 1.10. The first-order valence-electron chi connectivity index (χ1n) is 11.9. The summed E-state index contributed by atoms with van der Waals surface area (Å²) in [6.45, 7) is 8.07. The van der Waals surface area contributed by atoms with Crippen molar-refractivity contribution in [3.05, 3.63) is 59.1 Å². The van der Waals surface area contributed by atoms with Crippen LogP contribution >= 0.6 is 0 Å². The van der Waals surface area contributed by atoms with Gasteiger partial charge in [-0.3, -0.25) is 5.41 Å². The lowest BCUT2D eigenvalue weighted by molar-refractivity contribution is 0.474. The highest BCUT2D eigenvalue weighted by atomic mass is 19.1. The summed E-state index contributed by atoms with van der Waals surface area (Å²) < 4.78 is 17.2. The molecule has 2 bridgehead atoms. The van der Waals surface area contributed by atoms with Gasteiger partial charge in [0.25, 0.3) is 0 Å². The van der Waals surface area contributed by atoms with E-state index >= 15 is 4.39 Å². The van der Waals surface area contributed by atoms with Crippen LogP contribution < -0.4 is 5.32 Å². The van der Waals surface area contributed by atoms with Gasteiger partial charge in [0.1, 0.15) is 29.3 Å². The molecular weight excluding hydrogens is 429 g/mol. The lowest BCUT2D eigenvalue weighted by Gasteiger charge is -2.25. The van der Waals surface area contributed by atoms with Crippen molar-refractivity contribution < 1.29 is 4.39 Å². The first-order valence-corrected chi connectivity index (χ1v) is 11.9. The first-order chi connectivity index (χ1) is 16.4. The number of hydrogen-bond acceptors (Lipinski definition) is 5. The molecule has 0 saturated carbocycles. The number of imidazole rings is 1. The van der Waals surface area contributed by atoms with E-state index < -0.39 is 0 Å². The standard InChI is InChI=1S/C26H30FN7/c1-15(12-29-14-28)25-33-24-16(2)30-17(3)31-26(24)34(25)13-20-5-4-18(11-23(20)27)8-19-9-21-6-7-22(10-19)32-21/h4-5,9,12,14,18,21-22,28,32H,1,6-8,10-11,13H2,2-3H3. The number of rotatable bonds is 7. The van der Waals surface area contributed by atoms with Gasteiger partial charge in [0.15, 0.2) is 5.65 Å². The summed E-state index contributed by atoms with van der Waals surface area (Å²) in [7, 11) is 0. The third kappa shape index (κ3) is 4.42. The monoisotopic (exact) mass is 459 g/mol. The van der Waals surface area contributed by atoms with Crippen LogP contribution in [0.25, 0.3) is 16.7 Å². The first kappa shape index (κ1) is 22.5. The van der Waals surface area contributed by atoms with Gasteiger partial charge in [0.05, 0.1) is 12.2 Å². The minimum Gasteiger partial charge on any atom is -0.307 e. The van der Waals surface area contributed by atoms with Crippen LogP contribution in [0.15, 0.2) is 46.8 Å². The number of halogens is 1. The quantitative estimate of drug-likeness (QED) is 0.354. The maximum Gasteiger partial charge on any atom is 0.164 e. The fourth-order valence-corrected chi connectivity index (χ4v) is 5.38. The van der Waals surface area contributed by atoms with E-state index in [0.29, 0.717) is 59.0 Å². The van der Waals surface area contributed by atoms with Crippen molar-refractivity contribution in [2.75, 3.05) is 0 Å². The van der Waals surface area contributed by atoms with Gasteiger partial charge in [-0.25, -0.2) is 24.3 Å². The Balaban J connectivity index is 1.41. The van der Waals surface area contributed by atoms with Crippen LogP contribution in [-0.4, -0.2) is 44.2 Å². The summed E-state index contributed by atoms with van der Waals surface area (Å²) in [6.07, 6.45) is 13.7. The molecule has 2 aliphatic heterocycles. The number of nitrogens with one attached hydrogen (secondary N) is 2. The SMILES string of the molecule is C=C(C=NC=N)c1nc2c(C)nc(C)nc2n1CC1=C(F)CC(CC2=CC3CCC(C2)N3)C=C1. The van der Waals surface area contributed by atoms with E-state index in [1.807, 2.05) is 24.5 Å². The zero-order valence-electron chi connectivity index (χ0n) is 19.7. The number of aryl methyl sites for hydroxylation is 2. The van der Waals surface area contributed by atoms with E-state index in [4.69, 9.17) is 10.4 Å². The maximum absolute atomic E-state index is 15.4. The van der Waals surface area contributed by atoms with Crippen molar-refractivity contribution in [3.8, 4) is 0 Å². The molecule has 1 aliphatic carbocycles. The molecule has 176 valence electrons. The number of aromatic nitrogens is 4. The normalized spacial score (nSPS) is 24.3. The smallest absolute Gasteiger partial charge is 0.164 e. The Hall–Kier alpha value is -3.26. The largest absolute Gasteiger partial charge is 0.307 e. The molecule has 1 saturated heterocycles. The Morgan fingerprint density at radius 1 is 1.29 bits per heavy atom. The van der Waals surface area contributed by atoms with E-state index in [1.54, 1.807) is 0 Å². The summed E-state index contributed by atoms with van der Waals surface area (Å²) in [5, 5.41) is 10.8. The average Bonchev–Trinajstić information content (AvgIpc) is 3.33. The second-order valence-electron chi connectivity index (χ2n) is 9.52. The Bertz CT molecular complexity index is 1280. The van der Waals surface area contributed by atoms with Crippen molar-refractivity contribution >= 4 is 29.3 Å². The highest BCUT2D eigenvalue weighted by Crippen LogP contribution is 2.35. The molecule has 5 rings (SSSR count). The average molecular weight is 460 g/mol. The minimum absolute atomic E-state index is 0.0842. The molecule has 2 aromatic heterocycles. The zero-order chi connectivity index (χ0) is 23.8. The van der Waals surface area contributed by atoms with Gasteiger partial charge < -0.3 is 9.88 Å². The van der Waals surface area contributed by atoms with Crippen molar-refractivity contribution in [3.63, 3.8) is 0 Å². The van der Waals surface area contributed by atoms with Crippen LogP contribution in [0.5, 0.6) is 0 Å². The van der Waals surface area contributed by atoms with Crippen LogP contribution in [0.1, 0.15) is 49.4 Å². The second kappa shape index (κ2) is 9.18. The van der Waals surface area contributed by atoms with Crippen molar-refractivity contribution in [2.24, 2.45) is 10.9 Å². The molecule has 0 radical (unpaired) electrons. The van der Waals surface area contributed by atoms with Crippen LogP contribution in [-0.2, 0) is 6.54 Å². The van der Waals surface area contributed by atoms with Gasteiger partial charge in [-0.1, -0.05) is 30.4 Å². The molecule has 0 spiro atoms. The highest BCUT2D eigenvalue weighted by molar-refractivity contribution is 6.10. The van der Waals surface area contributed by atoms with Gasteiger partial charge in [-0.05, 0) is 45.4 Å². The third-order valence-electron chi connectivity index (χ3n) is 6.91. The lowest BCUT2D eigenvalue weighted by Crippen LogP contribution is -2.32. The number of fused-ring (bicyclic) bond motifs is 3. The fourth-order valence-electron chi connectivity index (χ4n) is 5.38. The molecule has 7 nitrogen and oxygen atoms in total. The number of allylic oxidation sites excluding steroid dienone is 5. The Labute approximate surface area is 198 Å². The third-order valence-corrected chi connectivity index (χ3v) is 6.91. The van der Waals surface area contributed by atoms with E-state index in [-0.39, 0.29) is 11.7 Å². The predicted octanol–water partition coefficient (Wildman–Crippen LogP) is 4.77. The summed E-state index contributed by atoms with van der Waals surface area (Å²) in [4.78, 5) is 17.6. The fraction of sp³-hybridized carbons (Fsp3) is 0.423. The Morgan fingerprint density at radius 2 is 2.15 bits per heavy atom. The molecule has 2 aromatic rings. The van der Waals surface area contributed by atoms with E-state index in [0.717, 1.165) is 24.9 Å². The highest BCUT2D eigenvalue weighted by Gasteiger charge is 2.29. The molecule has 3 atom stereocenters. The molecule has 3 aliphatic rings. The molecule has 2 N–H and O–H groups in total. The van der Waals surface area contributed by atoms with Crippen LogP contribution in [0.3, 0.4) is 0 Å². The maximum atomic E-state index is 15.4. The van der Waals surface area contributed by atoms with Crippen molar-refractivity contribution in [1.82, 2.24) is 24.8 Å². The molecule has 4 heterocycles. The molecule has 8 heteroatoms. The Kier molecular flexibility index (Phi) is 6.08. The molecule has 3 unspecified atom stereocenters. The van der Waals surface area contributed by atoms with E-state index in [2.05, 4.69) is 39.0 Å². The van der Waals surface area contributed by atoms with Gasteiger partial charge in [-0.2, -0.15) is 0 Å². The van der Waals surface area contributed by atoms with Gasteiger partial charge in [0, 0.05) is 35.9 Å². The second-order valence-corrected chi connectivity index (χ2v) is 9.52. The van der Waals surface area contributed by atoms with Crippen LogP contribution in [0.4, 0.5) is 4.39 Å². The minimum atomic E-state index is -0.0842. The predicted molar refractivity (Wildman–Crippen MR) is 134 cm³/mol. The molecule has 0 amide bonds. The van der Waals surface area contributed by atoms with Gasteiger partial charge >= 0.3 is 0 Å². The van der Waals surface area contributed by atoms with Gasteiger partial charge in [0.2, 0.25) is 0 Å². The molecule has 0 aromatic carbocycles. The summed E-state index contributed by atoms with van der Waals surface area (Å²) in [5.41, 5.74) is 4.69. The number of hydrogen-bond donors (Lipinski definition) is 2. The molecule has 1 fully saturated rings. The van der Waals surface area contributed by atoms with Crippen LogP contribution in [0, 0.1) is 25.2 Å². The van der Waals surface area contributed by atoms with Crippen molar-refractivity contribution in [1.29, 1.82) is 5.41 Å². The molecule has 34 heavy (non-hydrogen) atoms. The Morgan fingerprint density at radius 3 is 2.91 bits per heavy atom. The zero-order valence-corrected chi connectivity index (χ0v) is 19.7. The summed E-state index contributed by atoms with van der Waals surface area (Å²) in [5.74, 6) is 1.29. The number of aliphatic imine (C=N–C) groups is 1. The number of nitrogens with zero attached hydrogens (tertiary/aromatic N) is 5. The van der Waals surface area contributed by atoms with Crippen molar-refractivity contribution in [2.45, 2.75) is 64.6 Å². The topological polar surface area (TPSA) is 91.8 Å². The lowest BCUT2D eigenvalue weighted by atomic mass is 9.87. The van der Waals surface area contributed by atoms with Gasteiger partial charge in [-0.15, -0.1) is 0 Å². The van der Waals surface area contributed by atoms with E-state index in [9.17, 15) is 0 Å². The summed E-state index contributed by atoms with van der Waals surface area (Å²) >= 11 is 0. The van der Waals surface area contributed by atoms with Crippen LogP contribution in [0.2, 0.25) is 0 Å². The molecular formula is C26H30FN7.